The molecule has 110 valence electrons. The summed E-state index contributed by atoms with van der Waals surface area (Å²) < 4.78 is 10.9. The third-order valence-electron chi connectivity index (χ3n) is 3.07. The van der Waals surface area contributed by atoms with E-state index in [1.807, 2.05) is 30.3 Å². The number of para-hydroxylation sites is 1. The van der Waals surface area contributed by atoms with Crippen molar-refractivity contribution in [2.75, 3.05) is 7.11 Å². The van der Waals surface area contributed by atoms with Gasteiger partial charge in [0.05, 0.1) is 7.11 Å². The second-order valence-corrected chi connectivity index (χ2v) is 4.49. The molecule has 2 aromatic rings. The van der Waals surface area contributed by atoms with Gasteiger partial charge in [0.1, 0.15) is 24.1 Å². The fourth-order valence-electron chi connectivity index (χ4n) is 1.93. The molecule has 0 unspecified atom stereocenters. The lowest BCUT2D eigenvalue weighted by Gasteiger charge is -2.14. The first-order valence-electron chi connectivity index (χ1n) is 6.45. The average Bonchev–Trinajstić information content (AvgIpc) is 2.52. The predicted octanol–water partition coefficient (Wildman–Crippen LogP) is 2.36. The van der Waals surface area contributed by atoms with Crippen LogP contribution in [0.15, 0.2) is 48.5 Å². The number of ether oxygens (including phenoxy) is 2. The van der Waals surface area contributed by atoms with Crippen LogP contribution >= 0.6 is 0 Å². The molecular weight excluding hydrogens is 270 g/mol. The van der Waals surface area contributed by atoms with Crippen LogP contribution in [-0.4, -0.2) is 18.2 Å². The van der Waals surface area contributed by atoms with Crippen LogP contribution in [0.2, 0.25) is 0 Å². The van der Waals surface area contributed by atoms with Crippen molar-refractivity contribution < 1.29 is 19.4 Å². The maximum atomic E-state index is 11.0. The molecule has 3 N–H and O–H groups in total. The first-order valence-corrected chi connectivity index (χ1v) is 6.45. The maximum absolute atomic E-state index is 11.0. The van der Waals surface area contributed by atoms with Crippen molar-refractivity contribution in [3.8, 4) is 11.5 Å². The second-order valence-electron chi connectivity index (χ2n) is 4.49. The van der Waals surface area contributed by atoms with Gasteiger partial charge in [0, 0.05) is 5.56 Å². The largest absolute Gasteiger partial charge is 0.496 e. The zero-order chi connectivity index (χ0) is 15.2. The van der Waals surface area contributed by atoms with Gasteiger partial charge in [-0.25, -0.2) is 0 Å². The first kappa shape index (κ1) is 14.9. The van der Waals surface area contributed by atoms with Crippen molar-refractivity contribution in [3.05, 3.63) is 59.7 Å². The Labute approximate surface area is 122 Å². The van der Waals surface area contributed by atoms with Crippen LogP contribution in [0.25, 0.3) is 0 Å². The number of hydrogen-bond acceptors (Lipinski definition) is 4. The minimum Gasteiger partial charge on any atom is -0.496 e. The van der Waals surface area contributed by atoms with Gasteiger partial charge in [-0.15, -0.1) is 0 Å². The molecule has 21 heavy (non-hydrogen) atoms. The number of carboxylic acids is 1. The van der Waals surface area contributed by atoms with Gasteiger partial charge in [-0.3, -0.25) is 4.79 Å². The minimum absolute atomic E-state index is 0.271. The molecular formula is C16H17NO4. The number of methoxy groups -OCH3 is 1. The molecule has 0 saturated carbocycles. The lowest BCUT2D eigenvalue weighted by atomic mass is 10.0. The van der Waals surface area contributed by atoms with Crippen LogP contribution in [0.1, 0.15) is 17.2 Å². The number of carboxylic acid groups (broad SMARTS) is 1. The van der Waals surface area contributed by atoms with Crippen LogP contribution in [0.4, 0.5) is 0 Å². The van der Waals surface area contributed by atoms with E-state index in [0.717, 1.165) is 11.3 Å². The third kappa shape index (κ3) is 3.73. The van der Waals surface area contributed by atoms with Gasteiger partial charge in [0.15, 0.2) is 0 Å². The Morgan fingerprint density at radius 1 is 1.24 bits per heavy atom. The standard InChI is InChI=1S/C16H17NO4/c1-20-14-8-7-11(15(17)16(18)19)9-12(14)10-21-13-5-3-2-4-6-13/h2-9,15H,10,17H2,1H3,(H,18,19)/t15-/m0/s1. The smallest absolute Gasteiger partial charge is 0.325 e. The second kappa shape index (κ2) is 6.76. The van der Waals surface area contributed by atoms with Gasteiger partial charge in [-0.2, -0.15) is 0 Å². The lowest BCUT2D eigenvalue weighted by Crippen LogP contribution is -2.20. The van der Waals surface area contributed by atoms with Crippen molar-refractivity contribution in [1.29, 1.82) is 0 Å². The number of benzene rings is 2. The molecule has 0 spiro atoms. The maximum Gasteiger partial charge on any atom is 0.325 e. The molecule has 5 heteroatoms. The molecule has 5 nitrogen and oxygen atoms in total. The van der Waals surface area contributed by atoms with Gasteiger partial charge in [-0.1, -0.05) is 24.3 Å². The van der Waals surface area contributed by atoms with E-state index in [1.54, 1.807) is 25.3 Å². The quantitative estimate of drug-likeness (QED) is 0.852. The molecule has 0 radical (unpaired) electrons. The van der Waals surface area contributed by atoms with E-state index < -0.39 is 12.0 Å². The zero-order valence-corrected chi connectivity index (χ0v) is 11.7. The number of aliphatic carboxylic acids is 1. The van der Waals surface area contributed by atoms with Gasteiger partial charge < -0.3 is 20.3 Å². The van der Waals surface area contributed by atoms with Gasteiger partial charge >= 0.3 is 5.97 Å². The SMILES string of the molecule is COc1ccc([C@H](N)C(=O)O)cc1COc1ccccc1. The van der Waals surface area contributed by atoms with Crippen LogP contribution < -0.4 is 15.2 Å². The van der Waals surface area contributed by atoms with E-state index in [-0.39, 0.29) is 6.61 Å². The number of nitrogens with two attached hydrogens (primary N) is 1. The first-order chi connectivity index (χ1) is 10.1. The summed E-state index contributed by atoms with van der Waals surface area (Å²) in [6.45, 7) is 0.271. The Balaban J connectivity index is 2.20. The van der Waals surface area contributed by atoms with Crippen molar-refractivity contribution >= 4 is 5.97 Å². The minimum atomic E-state index is -1.07. The Bertz CT molecular complexity index is 613. The molecule has 0 amide bonds. The predicted molar refractivity (Wildman–Crippen MR) is 78.3 cm³/mol. The van der Waals surface area contributed by atoms with E-state index in [2.05, 4.69) is 0 Å². The summed E-state index contributed by atoms with van der Waals surface area (Å²) in [5.74, 6) is 0.287. The van der Waals surface area contributed by atoms with Gasteiger partial charge in [0.25, 0.3) is 0 Å². The normalized spacial score (nSPS) is 11.7. The Hall–Kier alpha value is -2.53. The van der Waals surface area contributed by atoms with Crippen LogP contribution in [0.5, 0.6) is 11.5 Å². The third-order valence-corrected chi connectivity index (χ3v) is 3.07. The summed E-state index contributed by atoms with van der Waals surface area (Å²) in [6, 6.07) is 13.3. The molecule has 2 rings (SSSR count). The number of carbonyl (C=O) groups is 1. The Morgan fingerprint density at radius 3 is 2.57 bits per heavy atom. The topological polar surface area (TPSA) is 81.8 Å². The molecule has 0 saturated heterocycles. The highest BCUT2D eigenvalue weighted by Gasteiger charge is 2.16. The van der Waals surface area contributed by atoms with Crippen molar-refractivity contribution in [1.82, 2.24) is 0 Å². The Kier molecular flexibility index (Phi) is 4.79. The summed E-state index contributed by atoms with van der Waals surface area (Å²) in [5, 5.41) is 8.97. The fourth-order valence-corrected chi connectivity index (χ4v) is 1.93. The van der Waals surface area contributed by atoms with Crippen molar-refractivity contribution in [2.45, 2.75) is 12.6 Å². The summed E-state index contributed by atoms with van der Waals surface area (Å²) in [7, 11) is 1.55. The molecule has 0 aliphatic heterocycles. The van der Waals surface area contributed by atoms with E-state index >= 15 is 0 Å². The van der Waals surface area contributed by atoms with Crippen molar-refractivity contribution in [3.63, 3.8) is 0 Å². The molecule has 0 aromatic heterocycles. The molecule has 2 aromatic carbocycles. The van der Waals surface area contributed by atoms with Crippen LogP contribution in [0.3, 0.4) is 0 Å². The number of hydrogen-bond donors (Lipinski definition) is 2. The van der Waals surface area contributed by atoms with Crippen LogP contribution in [0, 0.1) is 0 Å². The molecule has 0 aliphatic rings. The molecule has 0 heterocycles. The average molecular weight is 287 g/mol. The van der Waals surface area contributed by atoms with Crippen molar-refractivity contribution in [2.24, 2.45) is 5.73 Å². The fraction of sp³-hybridized carbons (Fsp3) is 0.188. The summed E-state index contributed by atoms with van der Waals surface area (Å²) in [6.07, 6.45) is 0. The van der Waals surface area contributed by atoms with E-state index in [4.69, 9.17) is 20.3 Å². The van der Waals surface area contributed by atoms with E-state index in [1.165, 1.54) is 0 Å². The molecule has 0 aliphatic carbocycles. The van der Waals surface area contributed by atoms with E-state index in [0.29, 0.717) is 11.3 Å². The highest BCUT2D eigenvalue weighted by atomic mass is 16.5. The summed E-state index contributed by atoms with van der Waals surface area (Å²) in [5.41, 5.74) is 6.88. The molecule has 1 atom stereocenters. The van der Waals surface area contributed by atoms with Crippen LogP contribution in [-0.2, 0) is 11.4 Å². The Morgan fingerprint density at radius 2 is 1.95 bits per heavy atom. The number of rotatable bonds is 6. The summed E-state index contributed by atoms with van der Waals surface area (Å²) >= 11 is 0. The molecule has 0 bridgehead atoms. The zero-order valence-electron chi connectivity index (χ0n) is 11.7. The monoisotopic (exact) mass is 287 g/mol. The highest BCUT2D eigenvalue weighted by Crippen LogP contribution is 2.24. The van der Waals surface area contributed by atoms with Gasteiger partial charge in [-0.05, 0) is 29.8 Å². The van der Waals surface area contributed by atoms with E-state index in [9.17, 15) is 4.79 Å². The summed E-state index contributed by atoms with van der Waals surface area (Å²) in [4.78, 5) is 11.0. The highest BCUT2D eigenvalue weighted by molar-refractivity contribution is 5.75. The molecule has 0 fully saturated rings. The lowest BCUT2D eigenvalue weighted by molar-refractivity contribution is -0.138. The van der Waals surface area contributed by atoms with Gasteiger partial charge in [0.2, 0.25) is 0 Å².